The summed E-state index contributed by atoms with van der Waals surface area (Å²) in [6, 6.07) is 21.2. The maximum Gasteiger partial charge on any atom is 0.259 e. The van der Waals surface area contributed by atoms with Gasteiger partial charge in [0.05, 0.1) is 17.2 Å². The summed E-state index contributed by atoms with van der Waals surface area (Å²) in [6.45, 7) is 0.454. The molecule has 37 heavy (non-hydrogen) atoms. The minimum Gasteiger partial charge on any atom is -0.339 e. The summed E-state index contributed by atoms with van der Waals surface area (Å²) in [5, 5.41) is 4.82. The van der Waals surface area contributed by atoms with Gasteiger partial charge in [-0.2, -0.15) is 4.98 Å². The molecule has 0 bridgehead atoms. The van der Waals surface area contributed by atoms with Crippen molar-refractivity contribution in [2.45, 2.75) is 41.0 Å². The average Bonchev–Trinajstić information content (AvgIpc) is 3.49. The molecule has 1 saturated carbocycles. The van der Waals surface area contributed by atoms with Crippen LogP contribution in [0.5, 0.6) is 0 Å². The number of rotatable bonds is 4. The quantitative estimate of drug-likeness (QED) is 0.314. The topological polar surface area (TPSA) is 79.5 Å². The summed E-state index contributed by atoms with van der Waals surface area (Å²) in [7, 11) is 0. The molecule has 3 aliphatic rings. The Hall–Kier alpha value is -3.62. The number of hydrogen-bond acceptors (Lipinski definition) is 6. The zero-order valence-electron chi connectivity index (χ0n) is 19.6. The largest absolute Gasteiger partial charge is 0.339 e. The first-order valence-electron chi connectivity index (χ1n) is 12.2. The van der Waals surface area contributed by atoms with Gasteiger partial charge in [0.2, 0.25) is 17.6 Å². The van der Waals surface area contributed by atoms with Crippen LogP contribution in [0.15, 0.2) is 81.0 Å². The van der Waals surface area contributed by atoms with Crippen LogP contribution in [0.4, 0.5) is 11.4 Å². The summed E-state index contributed by atoms with van der Waals surface area (Å²) >= 11 is 7.71. The van der Waals surface area contributed by atoms with Crippen LogP contribution in [0.25, 0.3) is 11.4 Å². The Labute approximate surface area is 222 Å². The molecule has 1 unspecified atom stereocenters. The predicted octanol–water partition coefficient (Wildman–Crippen LogP) is 6.18. The summed E-state index contributed by atoms with van der Waals surface area (Å²) in [6.07, 6.45) is 2.32. The van der Waals surface area contributed by atoms with E-state index in [1.165, 1.54) is 0 Å². The molecular weight excluding hydrogens is 508 g/mol. The fourth-order valence-electron chi connectivity index (χ4n) is 5.00. The smallest absolute Gasteiger partial charge is 0.259 e. The van der Waals surface area contributed by atoms with E-state index in [0.717, 1.165) is 45.1 Å². The Bertz CT molecular complexity index is 1570. The third-order valence-electron chi connectivity index (χ3n) is 6.98. The number of benzene rings is 3. The zero-order chi connectivity index (χ0) is 25.1. The van der Waals surface area contributed by atoms with Gasteiger partial charge < -0.3 is 14.3 Å². The highest BCUT2D eigenvalue weighted by Crippen LogP contribution is 2.46. The van der Waals surface area contributed by atoms with E-state index in [-0.39, 0.29) is 23.8 Å². The van der Waals surface area contributed by atoms with E-state index in [9.17, 15) is 9.59 Å². The maximum atomic E-state index is 13.4. The number of hydrogen-bond donors (Lipinski definition) is 0. The van der Waals surface area contributed by atoms with Gasteiger partial charge in [0.1, 0.15) is 0 Å². The molecule has 0 N–H and O–H groups in total. The minimum atomic E-state index is -0.196. The molecule has 1 aromatic heterocycles. The van der Waals surface area contributed by atoms with Crippen LogP contribution >= 0.6 is 23.4 Å². The van der Waals surface area contributed by atoms with E-state index in [1.54, 1.807) is 28.8 Å². The molecule has 1 atom stereocenters. The van der Waals surface area contributed by atoms with E-state index in [1.807, 2.05) is 59.5 Å². The normalized spacial score (nSPS) is 19.1. The molecule has 1 aliphatic carbocycles. The SMILES string of the molecule is O=C1CC(c2nc(-c3ccc4c(c3)Sc3ccccc3C(=O)N4C3CC3)no2)CN1c1cccc(Cl)c1. The highest BCUT2D eigenvalue weighted by Gasteiger charge is 2.38. The second-order valence-corrected chi connectivity index (χ2v) is 11.0. The van der Waals surface area contributed by atoms with Gasteiger partial charge in [0.25, 0.3) is 5.91 Å². The first-order chi connectivity index (χ1) is 18.0. The fourth-order valence-corrected chi connectivity index (χ4v) is 6.29. The lowest BCUT2D eigenvalue weighted by Gasteiger charge is -2.22. The fraction of sp³-hybridized carbons (Fsp3) is 0.214. The van der Waals surface area contributed by atoms with Crippen molar-refractivity contribution in [3.8, 4) is 11.4 Å². The predicted molar refractivity (Wildman–Crippen MR) is 141 cm³/mol. The number of anilines is 2. The standard InChI is InChI=1S/C28H21ClN4O3S/c29-18-4-3-5-20(14-18)32-15-17(13-25(32)34)27-30-26(31-36-27)16-8-11-22-24(12-16)37-23-7-2-1-6-21(23)28(35)33(22)19-9-10-19/h1-8,11-12,14,17,19H,9-10,13,15H2. The van der Waals surface area contributed by atoms with Crippen molar-refractivity contribution in [1.29, 1.82) is 0 Å². The van der Waals surface area contributed by atoms with E-state index < -0.39 is 0 Å². The van der Waals surface area contributed by atoms with Crippen LogP contribution in [-0.4, -0.2) is 34.5 Å². The minimum absolute atomic E-state index is 0.00283. The van der Waals surface area contributed by atoms with Crippen molar-refractivity contribution < 1.29 is 14.1 Å². The molecule has 0 radical (unpaired) electrons. The molecule has 3 aromatic carbocycles. The maximum absolute atomic E-state index is 13.4. The number of fused-ring (bicyclic) bond motifs is 2. The van der Waals surface area contributed by atoms with Crippen LogP contribution in [0.2, 0.25) is 5.02 Å². The van der Waals surface area contributed by atoms with Crippen LogP contribution < -0.4 is 9.80 Å². The molecular formula is C28H21ClN4O3S. The van der Waals surface area contributed by atoms with Gasteiger partial charge in [-0.1, -0.05) is 46.7 Å². The monoisotopic (exact) mass is 528 g/mol. The highest BCUT2D eigenvalue weighted by atomic mass is 35.5. The summed E-state index contributed by atoms with van der Waals surface area (Å²) < 4.78 is 5.63. The third-order valence-corrected chi connectivity index (χ3v) is 8.34. The Morgan fingerprint density at radius 3 is 2.68 bits per heavy atom. The second-order valence-electron chi connectivity index (χ2n) is 9.53. The zero-order valence-corrected chi connectivity index (χ0v) is 21.2. The molecule has 2 aliphatic heterocycles. The number of aromatic nitrogens is 2. The van der Waals surface area contributed by atoms with Gasteiger partial charge in [-0.05, 0) is 61.4 Å². The van der Waals surface area contributed by atoms with Crippen molar-refractivity contribution in [1.82, 2.24) is 10.1 Å². The second kappa shape index (κ2) is 8.75. The molecule has 7 nitrogen and oxygen atoms in total. The Morgan fingerprint density at radius 2 is 1.84 bits per heavy atom. The molecule has 0 spiro atoms. The van der Waals surface area contributed by atoms with Crippen LogP contribution in [0.1, 0.15) is 41.4 Å². The molecule has 9 heteroatoms. The van der Waals surface area contributed by atoms with Gasteiger partial charge in [-0.15, -0.1) is 0 Å². The van der Waals surface area contributed by atoms with Crippen LogP contribution in [-0.2, 0) is 4.79 Å². The van der Waals surface area contributed by atoms with E-state index in [4.69, 9.17) is 16.1 Å². The van der Waals surface area contributed by atoms with Crippen molar-refractivity contribution in [2.24, 2.45) is 0 Å². The lowest BCUT2D eigenvalue weighted by atomic mass is 10.1. The van der Waals surface area contributed by atoms with Gasteiger partial charge >= 0.3 is 0 Å². The van der Waals surface area contributed by atoms with Gasteiger partial charge in [0.15, 0.2) is 0 Å². The van der Waals surface area contributed by atoms with Crippen LogP contribution in [0, 0.1) is 0 Å². The first-order valence-corrected chi connectivity index (χ1v) is 13.4. The molecule has 184 valence electrons. The highest BCUT2D eigenvalue weighted by molar-refractivity contribution is 7.99. The molecule has 2 amide bonds. The van der Waals surface area contributed by atoms with Gasteiger partial charge in [-0.3, -0.25) is 9.59 Å². The van der Waals surface area contributed by atoms with Crippen molar-refractivity contribution in [2.75, 3.05) is 16.3 Å². The Kier molecular flexibility index (Phi) is 5.33. The van der Waals surface area contributed by atoms with Gasteiger partial charge in [-0.25, -0.2) is 0 Å². The molecule has 1 saturated heterocycles. The number of nitrogens with zero attached hydrogens (tertiary/aromatic N) is 4. The van der Waals surface area contributed by atoms with Crippen molar-refractivity contribution >= 4 is 46.6 Å². The van der Waals surface area contributed by atoms with E-state index >= 15 is 0 Å². The summed E-state index contributed by atoms with van der Waals surface area (Å²) in [4.78, 5) is 36.3. The van der Waals surface area contributed by atoms with Crippen molar-refractivity contribution in [3.63, 3.8) is 0 Å². The van der Waals surface area contributed by atoms with Gasteiger partial charge in [0, 0.05) is 45.1 Å². The van der Waals surface area contributed by atoms with Crippen LogP contribution in [0.3, 0.4) is 0 Å². The summed E-state index contributed by atoms with van der Waals surface area (Å²) in [5.74, 6) is 0.758. The van der Waals surface area contributed by atoms with E-state index in [2.05, 4.69) is 10.1 Å². The molecule has 4 aromatic rings. The average molecular weight is 529 g/mol. The third kappa shape index (κ3) is 4.01. The van der Waals surface area contributed by atoms with E-state index in [0.29, 0.717) is 29.7 Å². The Morgan fingerprint density at radius 1 is 0.973 bits per heavy atom. The Balaban J connectivity index is 1.19. The summed E-state index contributed by atoms with van der Waals surface area (Å²) in [5.41, 5.74) is 3.21. The number of carbonyl (C=O) groups is 2. The number of carbonyl (C=O) groups excluding carboxylic acids is 2. The first kappa shape index (κ1) is 22.6. The molecule has 7 rings (SSSR count). The molecule has 3 heterocycles. The van der Waals surface area contributed by atoms with Crippen molar-refractivity contribution in [3.05, 3.63) is 83.2 Å². The lowest BCUT2D eigenvalue weighted by Crippen LogP contribution is -2.32. The number of amides is 2. The number of halogens is 1. The lowest BCUT2D eigenvalue weighted by molar-refractivity contribution is -0.117. The molecule has 2 fully saturated rings.